The minimum Gasteiger partial charge on any atom is -0.329 e. The van der Waals surface area contributed by atoms with Gasteiger partial charge < -0.3 is 11.1 Å². The first-order valence-electron chi connectivity index (χ1n) is 7.10. The third-order valence-corrected chi connectivity index (χ3v) is 4.70. The molecule has 1 fully saturated rings. The highest BCUT2D eigenvalue weighted by Gasteiger charge is 2.22. The van der Waals surface area contributed by atoms with E-state index in [9.17, 15) is 4.79 Å². The Morgan fingerprint density at radius 1 is 1.50 bits per heavy atom. The summed E-state index contributed by atoms with van der Waals surface area (Å²) in [5, 5.41) is 2.96. The number of carbonyl (C=O) groups excluding carboxylic acids is 1. The number of halogens is 1. The molecule has 1 aliphatic heterocycles. The van der Waals surface area contributed by atoms with Gasteiger partial charge in [0.15, 0.2) is 0 Å². The molecule has 2 rings (SSSR count). The number of hydrogen-bond donors (Lipinski definition) is 2. The number of hydrogen-bond acceptors (Lipinski definition) is 3. The number of piperidine rings is 1. The number of rotatable bonds is 4. The Bertz CT molecular complexity index is 478. The maximum Gasteiger partial charge on any atom is 0.238 e. The van der Waals surface area contributed by atoms with Crippen LogP contribution in [0.4, 0.5) is 5.69 Å². The lowest BCUT2D eigenvalue weighted by Gasteiger charge is -2.34. The average molecular weight is 340 g/mol. The first kappa shape index (κ1) is 15.5. The van der Waals surface area contributed by atoms with Crippen molar-refractivity contribution < 1.29 is 4.79 Å². The first-order chi connectivity index (χ1) is 9.60. The molecular formula is C15H22BrN3O. The van der Waals surface area contributed by atoms with Crippen molar-refractivity contribution in [1.82, 2.24) is 4.90 Å². The van der Waals surface area contributed by atoms with Gasteiger partial charge in [-0.15, -0.1) is 0 Å². The van der Waals surface area contributed by atoms with Gasteiger partial charge in [0.1, 0.15) is 0 Å². The number of anilines is 1. The summed E-state index contributed by atoms with van der Waals surface area (Å²) in [6, 6.07) is 6.18. The molecule has 0 aromatic heterocycles. The zero-order chi connectivity index (χ0) is 14.5. The molecule has 4 nitrogen and oxygen atoms in total. The zero-order valence-electron chi connectivity index (χ0n) is 11.9. The Labute approximate surface area is 128 Å². The number of carbonyl (C=O) groups is 1. The van der Waals surface area contributed by atoms with Gasteiger partial charge in [-0.2, -0.15) is 0 Å². The molecule has 110 valence electrons. The van der Waals surface area contributed by atoms with E-state index in [0.717, 1.165) is 35.1 Å². The minimum atomic E-state index is 0.0343. The molecule has 1 heterocycles. The van der Waals surface area contributed by atoms with Crippen LogP contribution in [0.2, 0.25) is 0 Å². The van der Waals surface area contributed by atoms with E-state index in [1.807, 2.05) is 25.1 Å². The third-order valence-electron chi connectivity index (χ3n) is 3.81. The molecular weight excluding hydrogens is 318 g/mol. The first-order valence-corrected chi connectivity index (χ1v) is 7.89. The molecule has 0 spiro atoms. The molecule has 3 N–H and O–H groups in total. The van der Waals surface area contributed by atoms with Crippen LogP contribution in [0.1, 0.15) is 24.8 Å². The second kappa shape index (κ2) is 7.20. The molecule has 0 bridgehead atoms. The summed E-state index contributed by atoms with van der Waals surface area (Å²) in [4.78, 5) is 14.3. The fraction of sp³-hybridized carbons (Fsp3) is 0.533. The topological polar surface area (TPSA) is 58.4 Å². The standard InChI is InChI=1S/C15H22BrN3O/c1-11-8-12(5-6-14(11)16)18-15(20)10-19-7-3-2-4-13(19)9-17/h5-6,8,13H,2-4,7,9-10,17H2,1H3,(H,18,20). The van der Waals surface area contributed by atoms with Gasteiger partial charge in [-0.3, -0.25) is 9.69 Å². The van der Waals surface area contributed by atoms with Crippen molar-refractivity contribution in [3.8, 4) is 0 Å². The summed E-state index contributed by atoms with van der Waals surface area (Å²) in [6.07, 6.45) is 3.47. The highest BCUT2D eigenvalue weighted by atomic mass is 79.9. The predicted molar refractivity (Wildman–Crippen MR) is 85.8 cm³/mol. The van der Waals surface area contributed by atoms with Crippen molar-refractivity contribution in [2.75, 3.05) is 25.0 Å². The molecule has 1 aromatic rings. The number of amides is 1. The largest absolute Gasteiger partial charge is 0.329 e. The van der Waals surface area contributed by atoms with Crippen LogP contribution in [-0.4, -0.2) is 36.5 Å². The van der Waals surface area contributed by atoms with Gasteiger partial charge in [0.25, 0.3) is 0 Å². The maximum atomic E-state index is 12.1. The van der Waals surface area contributed by atoms with Crippen LogP contribution in [0.3, 0.4) is 0 Å². The molecule has 5 heteroatoms. The van der Waals surface area contributed by atoms with E-state index in [0.29, 0.717) is 19.1 Å². The summed E-state index contributed by atoms with van der Waals surface area (Å²) >= 11 is 3.46. The van der Waals surface area contributed by atoms with Crippen molar-refractivity contribution >= 4 is 27.5 Å². The van der Waals surface area contributed by atoms with Gasteiger partial charge >= 0.3 is 0 Å². The van der Waals surface area contributed by atoms with Crippen molar-refractivity contribution in [3.63, 3.8) is 0 Å². The van der Waals surface area contributed by atoms with E-state index in [4.69, 9.17) is 5.73 Å². The fourth-order valence-electron chi connectivity index (χ4n) is 2.64. The van der Waals surface area contributed by atoms with Crippen LogP contribution >= 0.6 is 15.9 Å². The summed E-state index contributed by atoms with van der Waals surface area (Å²) < 4.78 is 1.05. The van der Waals surface area contributed by atoms with Crippen molar-refractivity contribution in [2.45, 2.75) is 32.2 Å². The molecule has 1 amide bonds. The van der Waals surface area contributed by atoms with Crippen LogP contribution < -0.4 is 11.1 Å². The Morgan fingerprint density at radius 2 is 2.30 bits per heavy atom. The predicted octanol–water partition coefficient (Wildman–Crippen LogP) is 2.51. The Balaban J connectivity index is 1.92. The Morgan fingerprint density at radius 3 is 3.00 bits per heavy atom. The third kappa shape index (κ3) is 4.04. The smallest absolute Gasteiger partial charge is 0.238 e. The lowest BCUT2D eigenvalue weighted by molar-refractivity contribution is -0.118. The van der Waals surface area contributed by atoms with Crippen molar-refractivity contribution in [3.05, 3.63) is 28.2 Å². The average Bonchev–Trinajstić information content (AvgIpc) is 2.43. The van der Waals surface area contributed by atoms with Crippen LogP contribution in [0.15, 0.2) is 22.7 Å². The minimum absolute atomic E-state index is 0.0343. The molecule has 20 heavy (non-hydrogen) atoms. The monoisotopic (exact) mass is 339 g/mol. The second-order valence-electron chi connectivity index (χ2n) is 5.37. The molecule has 1 aromatic carbocycles. The van der Waals surface area contributed by atoms with Gasteiger partial charge in [-0.05, 0) is 50.1 Å². The molecule has 0 radical (unpaired) electrons. The van der Waals surface area contributed by atoms with Gasteiger partial charge in [0, 0.05) is 22.7 Å². The SMILES string of the molecule is Cc1cc(NC(=O)CN2CCCCC2CN)ccc1Br. The van der Waals surface area contributed by atoms with Crippen LogP contribution in [0.25, 0.3) is 0 Å². The van der Waals surface area contributed by atoms with Crippen LogP contribution in [-0.2, 0) is 4.79 Å². The Kier molecular flexibility index (Phi) is 5.57. The summed E-state index contributed by atoms with van der Waals surface area (Å²) in [5.74, 6) is 0.0343. The lowest BCUT2D eigenvalue weighted by Crippen LogP contribution is -2.47. The number of aryl methyl sites for hydroxylation is 1. The van der Waals surface area contributed by atoms with Crippen molar-refractivity contribution in [2.24, 2.45) is 5.73 Å². The normalized spacial score (nSPS) is 19.9. The maximum absolute atomic E-state index is 12.1. The van der Waals surface area contributed by atoms with Crippen LogP contribution in [0, 0.1) is 6.92 Å². The summed E-state index contributed by atoms with van der Waals surface area (Å²) in [5.41, 5.74) is 7.74. The number of nitrogens with one attached hydrogen (secondary N) is 1. The van der Waals surface area contributed by atoms with E-state index >= 15 is 0 Å². The second-order valence-corrected chi connectivity index (χ2v) is 6.22. The molecule has 0 saturated carbocycles. The van der Waals surface area contributed by atoms with Gasteiger partial charge in [0.2, 0.25) is 5.91 Å². The number of benzene rings is 1. The van der Waals surface area contributed by atoms with E-state index in [-0.39, 0.29) is 5.91 Å². The molecule has 1 unspecified atom stereocenters. The highest BCUT2D eigenvalue weighted by Crippen LogP contribution is 2.20. The van der Waals surface area contributed by atoms with E-state index in [2.05, 4.69) is 26.1 Å². The summed E-state index contributed by atoms with van der Waals surface area (Å²) in [7, 11) is 0. The highest BCUT2D eigenvalue weighted by molar-refractivity contribution is 9.10. The molecule has 1 atom stereocenters. The number of nitrogens with zero attached hydrogens (tertiary/aromatic N) is 1. The lowest BCUT2D eigenvalue weighted by atomic mass is 10.0. The van der Waals surface area contributed by atoms with Gasteiger partial charge in [-0.1, -0.05) is 22.4 Å². The van der Waals surface area contributed by atoms with Crippen LogP contribution in [0.5, 0.6) is 0 Å². The number of nitrogens with two attached hydrogens (primary N) is 1. The molecule has 1 saturated heterocycles. The van der Waals surface area contributed by atoms with E-state index in [1.165, 1.54) is 6.42 Å². The van der Waals surface area contributed by atoms with E-state index < -0.39 is 0 Å². The molecule has 0 aliphatic carbocycles. The quantitative estimate of drug-likeness (QED) is 0.886. The fourth-order valence-corrected chi connectivity index (χ4v) is 2.89. The zero-order valence-corrected chi connectivity index (χ0v) is 13.4. The van der Waals surface area contributed by atoms with Gasteiger partial charge in [0.05, 0.1) is 6.54 Å². The Hall–Kier alpha value is -0.910. The van der Waals surface area contributed by atoms with Crippen molar-refractivity contribution in [1.29, 1.82) is 0 Å². The summed E-state index contributed by atoms with van der Waals surface area (Å²) in [6.45, 7) is 4.03. The number of likely N-dealkylation sites (tertiary alicyclic amines) is 1. The van der Waals surface area contributed by atoms with E-state index in [1.54, 1.807) is 0 Å². The molecule has 1 aliphatic rings. The van der Waals surface area contributed by atoms with Gasteiger partial charge in [-0.25, -0.2) is 0 Å².